The minimum atomic E-state index is -0.0387. The molecule has 0 bridgehead atoms. The minimum absolute atomic E-state index is 0.0387. The third-order valence-electron chi connectivity index (χ3n) is 4.79. The fourth-order valence-corrected chi connectivity index (χ4v) is 3.57. The van der Waals surface area contributed by atoms with E-state index in [0.717, 1.165) is 54.9 Å². The second-order valence-corrected chi connectivity index (χ2v) is 6.66. The van der Waals surface area contributed by atoms with Gasteiger partial charge in [0.2, 0.25) is 0 Å². The largest absolute Gasteiger partial charge is 0.332 e. The lowest BCUT2D eigenvalue weighted by Crippen LogP contribution is -2.42. The van der Waals surface area contributed by atoms with Crippen LogP contribution in [0, 0.1) is 20.8 Å². The maximum absolute atomic E-state index is 12.9. The Labute approximate surface area is 148 Å². The van der Waals surface area contributed by atoms with Gasteiger partial charge in [0, 0.05) is 24.0 Å². The number of carbonyl (C=O) groups is 1. The lowest BCUT2D eigenvalue weighted by Gasteiger charge is -2.30. The number of likely N-dealkylation sites (tertiary alicyclic amines) is 1. The Morgan fingerprint density at radius 3 is 2.88 bits per heavy atom. The highest BCUT2D eigenvalue weighted by Gasteiger charge is 2.30. The molecule has 2 aromatic rings. The van der Waals surface area contributed by atoms with E-state index in [4.69, 9.17) is 0 Å². The molecule has 0 spiro atoms. The zero-order chi connectivity index (χ0) is 17.8. The molecule has 1 saturated heterocycles. The number of urea groups is 1. The first-order chi connectivity index (χ1) is 12.1. The first-order valence-electron chi connectivity index (χ1n) is 8.90. The SMILES string of the molecule is Cc1nccc(CNC(=O)N2CCCCCC2c2c(C)n[nH]c2C)n1. The molecule has 0 radical (unpaired) electrons. The van der Waals surface area contributed by atoms with E-state index < -0.39 is 0 Å². The summed E-state index contributed by atoms with van der Waals surface area (Å²) in [5.74, 6) is 0.712. The van der Waals surface area contributed by atoms with Gasteiger partial charge in [0.1, 0.15) is 5.82 Å². The second kappa shape index (κ2) is 7.63. The molecule has 3 rings (SSSR count). The highest BCUT2D eigenvalue weighted by Crippen LogP contribution is 2.33. The van der Waals surface area contributed by atoms with Crippen LogP contribution in [0.1, 0.15) is 60.2 Å². The van der Waals surface area contributed by atoms with Gasteiger partial charge < -0.3 is 10.2 Å². The van der Waals surface area contributed by atoms with Crippen LogP contribution < -0.4 is 5.32 Å². The Balaban J connectivity index is 1.75. The molecule has 2 N–H and O–H groups in total. The molecule has 134 valence electrons. The summed E-state index contributed by atoms with van der Waals surface area (Å²) in [6.07, 6.45) is 6.01. The molecule has 3 heterocycles. The third kappa shape index (κ3) is 3.97. The number of hydrogen-bond donors (Lipinski definition) is 2. The number of H-pyrrole nitrogens is 1. The van der Waals surface area contributed by atoms with E-state index >= 15 is 0 Å². The average molecular weight is 342 g/mol. The summed E-state index contributed by atoms with van der Waals surface area (Å²) >= 11 is 0. The number of carbonyl (C=O) groups excluding carboxylic acids is 1. The number of nitrogens with one attached hydrogen (secondary N) is 2. The van der Waals surface area contributed by atoms with Gasteiger partial charge in [0.25, 0.3) is 0 Å². The number of nitrogens with zero attached hydrogens (tertiary/aromatic N) is 4. The van der Waals surface area contributed by atoms with Crippen LogP contribution in [0.25, 0.3) is 0 Å². The van der Waals surface area contributed by atoms with Crippen LogP contribution in [0.2, 0.25) is 0 Å². The van der Waals surface area contributed by atoms with Gasteiger partial charge >= 0.3 is 6.03 Å². The van der Waals surface area contributed by atoms with Crippen LogP contribution in [0.5, 0.6) is 0 Å². The molecule has 1 fully saturated rings. The predicted molar refractivity (Wildman–Crippen MR) is 95.0 cm³/mol. The standard InChI is InChI=1S/C18H26N6O/c1-12-17(13(2)23-22-12)16-7-5-4-6-10-24(16)18(25)20-11-15-8-9-19-14(3)21-15/h8-9,16H,4-7,10-11H2,1-3H3,(H,20,25)(H,22,23). The fraction of sp³-hybridized carbons (Fsp3) is 0.556. The Bertz CT molecular complexity index is 721. The van der Waals surface area contributed by atoms with E-state index in [-0.39, 0.29) is 12.1 Å². The van der Waals surface area contributed by atoms with E-state index in [1.165, 1.54) is 0 Å². The van der Waals surface area contributed by atoms with E-state index in [9.17, 15) is 4.79 Å². The van der Waals surface area contributed by atoms with Gasteiger partial charge in [-0.1, -0.05) is 12.8 Å². The van der Waals surface area contributed by atoms with Gasteiger partial charge in [0.05, 0.1) is 24.0 Å². The predicted octanol–water partition coefficient (Wildman–Crippen LogP) is 2.95. The number of aromatic amines is 1. The van der Waals surface area contributed by atoms with Crippen LogP contribution in [-0.2, 0) is 6.54 Å². The van der Waals surface area contributed by atoms with Crippen molar-refractivity contribution in [3.8, 4) is 0 Å². The van der Waals surface area contributed by atoms with Gasteiger partial charge in [0.15, 0.2) is 0 Å². The summed E-state index contributed by atoms with van der Waals surface area (Å²) in [4.78, 5) is 23.3. The van der Waals surface area contributed by atoms with Crippen molar-refractivity contribution in [3.05, 3.63) is 40.7 Å². The van der Waals surface area contributed by atoms with E-state index in [1.54, 1.807) is 6.20 Å². The smallest absolute Gasteiger partial charge is 0.318 e. The van der Waals surface area contributed by atoms with Crippen molar-refractivity contribution in [2.45, 2.75) is 59.0 Å². The molecule has 2 amide bonds. The lowest BCUT2D eigenvalue weighted by atomic mass is 9.99. The van der Waals surface area contributed by atoms with Crippen LogP contribution in [0.15, 0.2) is 12.3 Å². The summed E-state index contributed by atoms with van der Waals surface area (Å²) in [6, 6.07) is 1.87. The van der Waals surface area contributed by atoms with Crippen molar-refractivity contribution in [2.75, 3.05) is 6.54 Å². The fourth-order valence-electron chi connectivity index (χ4n) is 3.57. The molecule has 0 aromatic carbocycles. The van der Waals surface area contributed by atoms with Crippen LogP contribution in [0.3, 0.4) is 0 Å². The highest BCUT2D eigenvalue weighted by atomic mass is 16.2. The van der Waals surface area contributed by atoms with Gasteiger partial charge in [-0.25, -0.2) is 14.8 Å². The molecular weight excluding hydrogens is 316 g/mol. The summed E-state index contributed by atoms with van der Waals surface area (Å²) in [7, 11) is 0. The van der Waals surface area contributed by atoms with Gasteiger partial charge in [-0.05, 0) is 39.7 Å². The second-order valence-electron chi connectivity index (χ2n) is 6.66. The zero-order valence-corrected chi connectivity index (χ0v) is 15.2. The van der Waals surface area contributed by atoms with Crippen LogP contribution in [-0.4, -0.2) is 37.6 Å². The first-order valence-corrected chi connectivity index (χ1v) is 8.90. The average Bonchev–Trinajstić information content (AvgIpc) is 2.79. The lowest BCUT2D eigenvalue weighted by molar-refractivity contribution is 0.175. The normalized spacial score (nSPS) is 18.0. The van der Waals surface area contributed by atoms with Crippen molar-refractivity contribution < 1.29 is 4.79 Å². The molecule has 1 unspecified atom stereocenters. The maximum Gasteiger partial charge on any atom is 0.318 e. The Morgan fingerprint density at radius 2 is 2.16 bits per heavy atom. The van der Waals surface area contributed by atoms with Gasteiger partial charge in [-0.2, -0.15) is 5.10 Å². The van der Waals surface area contributed by atoms with E-state index in [0.29, 0.717) is 12.4 Å². The maximum atomic E-state index is 12.9. The summed E-state index contributed by atoms with van der Waals surface area (Å²) in [6.45, 7) is 7.06. The van der Waals surface area contributed by atoms with Crippen molar-refractivity contribution in [1.29, 1.82) is 0 Å². The molecule has 2 aromatic heterocycles. The van der Waals surface area contributed by atoms with Crippen LogP contribution >= 0.6 is 0 Å². The zero-order valence-electron chi connectivity index (χ0n) is 15.2. The summed E-state index contributed by atoms with van der Waals surface area (Å²) in [5.41, 5.74) is 4.01. The Kier molecular flexibility index (Phi) is 5.31. The third-order valence-corrected chi connectivity index (χ3v) is 4.79. The van der Waals surface area contributed by atoms with Crippen LogP contribution in [0.4, 0.5) is 4.79 Å². The van der Waals surface area contributed by atoms with Crippen molar-refractivity contribution >= 4 is 6.03 Å². The Hall–Kier alpha value is -2.44. The van der Waals surface area contributed by atoms with Crippen molar-refractivity contribution in [3.63, 3.8) is 0 Å². The molecule has 0 aliphatic carbocycles. The van der Waals surface area contributed by atoms with Gasteiger partial charge in [-0.15, -0.1) is 0 Å². The quantitative estimate of drug-likeness (QED) is 0.898. The molecule has 1 aliphatic rings. The number of hydrogen-bond acceptors (Lipinski definition) is 4. The summed E-state index contributed by atoms with van der Waals surface area (Å²) in [5, 5.41) is 10.4. The minimum Gasteiger partial charge on any atom is -0.332 e. The molecule has 25 heavy (non-hydrogen) atoms. The highest BCUT2D eigenvalue weighted by molar-refractivity contribution is 5.75. The number of rotatable bonds is 3. The topological polar surface area (TPSA) is 86.8 Å². The monoisotopic (exact) mass is 342 g/mol. The summed E-state index contributed by atoms with van der Waals surface area (Å²) < 4.78 is 0. The van der Waals surface area contributed by atoms with E-state index in [1.807, 2.05) is 31.7 Å². The molecule has 7 nitrogen and oxygen atoms in total. The number of aryl methyl sites for hydroxylation is 3. The molecule has 7 heteroatoms. The van der Waals surface area contributed by atoms with Crippen molar-refractivity contribution in [2.24, 2.45) is 0 Å². The van der Waals surface area contributed by atoms with Crippen molar-refractivity contribution in [1.82, 2.24) is 30.4 Å². The first kappa shape index (κ1) is 17.4. The molecule has 1 aliphatic heterocycles. The number of amides is 2. The van der Waals surface area contributed by atoms with E-state index in [2.05, 4.69) is 25.5 Å². The Morgan fingerprint density at radius 1 is 1.32 bits per heavy atom. The van der Waals surface area contributed by atoms with Gasteiger partial charge in [-0.3, -0.25) is 5.10 Å². The number of aromatic nitrogens is 4. The molecule has 1 atom stereocenters. The molecular formula is C18H26N6O. The molecule has 0 saturated carbocycles.